The van der Waals surface area contributed by atoms with Gasteiger partial charge in [0.1, 0.15) is 29.5 Å². The van der Waals surface area contributed by atoms with Crippen molar-refractivity contribution in [3.05, 3.63) is 53.1 Å². The third-order valence-corrected chi connectivity index (χ3v) is 4.87. The molecule has 2 aromatic carbocycles. The molecule has 0 aliphatic carbocycles. The summed E-state index contributed by atoms with van der Waals surface area (Å²) in [5.41, 5.74) is 0.435. The van der Waals surface area contributed by atoms with Crippen molar-refractivity contribution in [2.45, 2.75) is 44.2 Å². The molecule has 2 heterocycles. The molecular weight excluding hydrogens is 336 g/mol. The maximum atomic E-state index is 12.6. The number of ketones is 1. The van der Waals surface area contributed by atoms with Crippen LogP contribution in [-0.2, 0) is 0 Å². The van der Waals surface area contributed by atoms with Crippen molar-refractivity contribution in [3.63, 3.8) is 0 Å². The second-order valence-electron chi connectivity index (χ2n) is 7.35. The molecule has 2 aromatic rings. The van der Waals surface area contributed by atoms with Gasteiger partial charge in [-0.25, -0.2) is 0 Å². The molecule has 26 heavy (non-hydrogen) atoms. The minimum absolute atomic E-state index is 0.0916. The number of phenols is 1. The number of benzene rings is 2. The van der Waals surface area contributed by atoms with Crippen molar-refractivity contribution >= 4 is 5.78 Å². The molecule has 0 saturated carbocycles. The summed E-state index contributed by atoms with van der Waals surface area (Å²) in [7, 11) is 0. The van der Waals surface area contributed by atoms with Crippen molar-refractivity contribution in [3.8, 4) is 17.2 Å². The fraction of sp³-hybridized carbons (Fsp3) is 0.350. The van der Waals surface area contributed by atoms with E-state index in [1.807, 2.05) is 0 Å². The highest BCUT2D eigenvalue weighted by Gasteiger charge is 2.44. The number of phenolic OH excluding ortho intramolecular Hbond substituents is 1. The molecule has 0 fully saturated rings. The zero-order chi connectivity index (χ0) is 18.6. The Morgan fingerprint density at radius 2 is 1.77 bits per heavy atom. The highest BCUT2D eigenvalue weighted by Crippen LogP contribution is 2.46. The first-order valence-electron chi connectivity index (χ1n) is 8.48. The average Bonchev–Trinajstić information content (AvgIpc) is 2.90. The number of ether oxygens (including phenoxy) is 2. The lowest BCUT2D eigenvalue weighted by molar-refractivity contribution is -0.0763. The van der Waals surface area contributed by atoms with Gasteiger partial charge in [0.2, 0.25) is 0 Å². The fourth-order valence-corrected chi connectivity index (χ4v) is 3.47. The number of rotatable bonds is 2. The molecule has 0 radical (unpaired) electrons. The van der Waals surface area contributed by atoms with Gasteiger partial charge in [-0.2, -0.15) is 0 Å². The van der Waals surface area contributed by atoms with Gasteiger partial charge in [0.05, 0.1) is 17.6 Å². The first-order chi connectivity index (χ1) is 12.2. The van der Waals surface area contributed by atoms with Crippen molar-refractivity contribution in [1.29, 1.82) is 0 Å². The van der Waals surface area contributed by atoms with Crippen LogP contribution in [-0.4, -0.2) is 32.8 Å². The minimum atomic E-state index is -1.24. The van der Waals surface area contributed by atoms with Crippen LogP contribution < -0.4 is 9.47 Å². The molecule has 3 atom stereocenters. The van der Waals surface area contributed by atoms with E-state index >= 15 is 0 Å². The summed E-state index contributed by atoms with van der Waals surface area (Å²) in [6, 6.07) is 9.73. The Balaban J connectivity index is 1.68. The molecule has 136 valence electrons. The van der Waals surface area contributed by atoms with Crippen LogP contribution in [0.1, 0.15) is 54.0 Å². The summed E-state index contributed by atoms with van der Waals surface area (Å²) in [6.45, 7) is 3.13. The Morgan fingerprint density at radius 3 is 2.42 bits per heavy atom. The van der Waals surface area contributed by atoms with E-state index in [0.29, 0.717) is 22.6 Å². The van der Waals surface area contributed by atoms with Crippen LogP contribution in [0.3, 0.4) is 0 Å². The number of fused-ring (bicyclic) bond motifs is 2. The first kappa shape index (κ1) is 16.9. The Labute approximate surface area is 150 Å². The number of carbonyl (C=O) groups excluding carboxylic acids is 1. The first-order valence-corrected chi connectivity index (χ1v) is 8.48. The standard InChI is InChI=1S/C20H20O6/c1-20(2,24)19-18(23)13-7-12-14(22)8-15(10-3-5-11(21)6-4-10)25-16(12)9-17(13)26-19/h3-7,9,15,18-19,21,23-24H,8H2,1-2H3/t15-,18+,19-/m0/s1. The van der Waals surface area contributed by atoms with E-state index in [4.69, 9.17) is 9.47 Å². The molecule has 0 bridgehead atoms. The van der Waals surface area contributed by atoms with Gasteiger partial charge in [-0.05, 0) is 37.6 Å². The molecule has 0 aromatic heterocycles. The topological polar surface area (TPSA) is 96.2 Å². The summed E-state index contributed by atoms with van der Waals surface area (Å²) in [6.07, 6.45) is -2.12. The van der Waals surface area contributed by atoms with E-state index in [-0.39, 0.29) is 18.0 Å². The van der Waals surface area contributed by atoms with Gasteiger partial charge >= 0.3 is 0 Å². The predicted molar refractivity (Wildman–Crippen MR) is 92.5 cm³/mol. The molecule has 0 spiro atoms. The lowest BCUT2D eigenvalue weighted by Crippen LogP contribution is -2.41. The highest BCUT2D eigenvalue weighted by molar-refractivity contribution is 6.00. The van der Waals surface area contributed by atoms with Crippen LogP contribution in [0.15, 0.2) is 36.4 Å². The maximum Gasteiger partial charge on any atom is 0.170 e. The number of carbonyl (C=O) groups is 1. The summed E-state index contributed by atoms with van der Waals surface area (Å²) >= 11 is 0. The van der Waals surface area contributed by atoms with Crippen LogP contribution in [0.4, 0.5) is 0 Å². The summed E-state index contributed by atoms with van der Waals surface area (Å²) in [4.78, 5) is 12.6. The zero-order valence-corrected chi connectivity index (χ0v) is 14.5. The van der Waals surface area contributed by atoms with Gasteiger partial charge < -0.3 is 24.8 Å². The van der Waals surface area contributed by atoms with Gasteiger partial charge in [0.25, 0.3) is 0 Å². The van der Waals surface area contributed by atoms with Gasteiger partial charge in [-0.1, -0.05) is 12.1 Å². The van der Waals surface area contributed by atoms with E-state index in [9.17, 15) is 20.1 Å². The summed E-state index contributed by atoms with van der Waals surface area (Å²) in [5, 5.41) is 30.1. The monoisotopic (exact) mass is 356 g/mol. The lowest BCUT2D eigenvalue weighted by atomic mass is 9.91. The van der Waals surface area contributed by atoms with Crippen molar-refractivity contribution in [1.82, 2.24) is 0 Å². The Bertz CT molecular complexity index is 865. The number of aromatic hydroxyl groups is 1. The second kappa shape index (κ2) is 5.72. The fourth-order valence-electron chi connectivity index (χ4n) is 3.47. The van der Waals surface area contributed by atoms with Crippen LogP contribution >= 0.6 is 0 Å². The van der Waals surface area contributed by atoms with Crippen LogP contribution in [0.5, 0.6) is 17.2 Å². The third-order valence-electron chi connectivity index (χ3n) is 4.87. The van der Waals surface area contributed by atoms with Gasteiger partial charge in [-0.3, -0.25) is 4.79 Å². The van der Waals surface area contributed by atoms with Gasteiger partial charge in [0, 0.05) is 11.6 Å². The predicted octanol–water partition coefficient (Wildman–Crippen LogP) is 2.66. The van der Waals surface area contributed by atoms with Crippen LogP contribution in [0, 0.1) is 0 Å². The number of aliphatic hydroxyl groups is 2. The molecule has 2 aliphatic rings. The van der Waals surface area contributed by atoms with Crippen molar-refractivity contribution in [2.24, 2.45) is 0 Å². The average molecular weight is 356 g/mol. The van der Waals surface area contributed by atoms with E-state index < -0.39 is 23.9 Å². The molecule has 4 rings (SSSR count). The lowest BCUT2D eigenvalue weighted by Gasteiger charge is -2.27. The second-order valence-corrected chi connectivity index (χ2v) is 7.35. The molecule has 0 saturated heterocycles. The van der Waals surface area contributed by atoms with Crippen LogP contribution in [0.2, 0.25) is 0 Å². The van der Waals surface area contributed by atoms with E-state index in [2.05, 4.69) is 0 Å². The largest absolute Gasteiger partial charge is 0.508 e. The molecule has 2 aliphatic heterocycles. The zero-order valence-electron chi connectivity index (χ0n) is 14.5. The molecule has 0 unspecified atom stereocenters. The van der Waals surface area contributed by atoms with Gasteiger partial charge in [-0.15, -0.1) is 0 Å². The molecule has 3 N–H and O–H groups in total. The smallest absolute Gasteiger partial charge is 0.170 e. The summed E-state index contributed by atoms with van der Waals surface area (Å²) < 4.78 is 11.7. The molecule has 6 heteroatoms. The highest BCUT2D eigenvalue weighted by atomic mass is 16.5. The summed E-state index contributed by atoms with van der Waals surface area (Å²) in [5.74, 6) is 0.851. The van der Waals surface area contributed by atoms with Crippen molar-refractivity contribution < 1.29 is 29.6 Å². The van der Waals surface area contributed by atoms with E-state index in [0.717, 1.165) is 5.56 Å². The normalized spacial score (nSPS) is 24.5. The Kier molecular flexibility index (Phi) is 3.71. The SMILES string of the molecule is CC(C)(O)[C@H]1Oc2cc3c(cc2[C@H]1O)C(=O)C[C@@H](c1ccc(O)cc1)O3. The number of hydrogen-bond donors (Lipinski definition) is 3. The van der Waals surface area contributed by atoms with Gasteiger partial charge in [0.15, 0.2) is 11.9 Å². The molecule has 0 amide bonds. The van der Waals surface area contributed by atoms with E-state index in [1.165, 1.54) is 0 Å². The van der Waals surface area contributed by atoms with Crippen molar-refractivity contribution in [2.75, 3.05) is 0 Å². The third kappa shape index (κ3) is 2.71. The number of Topliss-reactive ketones (excluding diaryl/α,β-unsaturated/α-hetero) is 1. The molecular formula is C20H20O6. The quantitative estimate of drug-likeness (QED) is 0.766. The molecule has 6 nitrogen and oxygen atoms in total. The van der Waals surface area contributed by atoms with E-state index in [1.54, 1.807) is 50.2 Å². The number of hydrogen-bond acceptors (Lipinski definition) is 6. The Morgan fingerprint density at radius 1 is 1.08 bits per heavy atom. The Hall–Kier alpha value is -2.57. The maximum absolute atomic E-state index is 12.6. The van der Waals surface area contributed by atoms with Crippen LogP contribution in [0.25, 0.3) is 0 Å². The number of aliphatic hydroxyl groups excluding tert-OH is 1. The minimum Gasteiger partial charge on any atom is -0.508 e.